The lowest BCUT2D eigenvalue weighted by Gasteiger charge is -2.27. The Morgan fingerprint density at radius 1 is 1.21 bits per heavy atom. The first-order valence-electron chi connectivity index (χ1n) is 8.55. The van der Waals surface area contributed by atoms with Gasteiger partial charge in [-0.2, -0.15) is 8.42 Å². The van der Waals surface area contributed by atoms with Crippen LogP contribution < -0.4 is 5.73 Å². The van der Waals surface area contributed by atoms with Gasteiger partial charge in [0.25, 0.3) is 0 Å². The number of hydrogen-bond donors (Lipinski definition) is 1. The van der Waals surface area contributed by atoms with E-state index in [1.807, 2.05) is 18.2 Å². The van der Waals surface area contributed by atoms with E-state index in [1.54, 1.807) is 18.2 Å². The molecule has 2 aromatic carbocycles. The summed E-state index contributed by atoms with van der Waals surface area (Å²) < 4.78 is 49.3. The van der Waals surface area contributed by atoms with Crippen LogP contribution in [0.5, 0.6) is 0 Å². The first kappa shape index (κ1) is 19.9. The van der Waals surface area contributed by atoms with E-state index in [-0.39, 0.29) is 18.5 Å². The molecule has 0 fully saturated rings. The van der Waals surface area contributed by atoms with Crippen molar-refractivity contribution in [1.82, 2.24) is 4.90 Å². The summed E-state index contributed by atoms with van der Waals surface area (Å²) in [5.41, 5.74) is 7.20. The second-order valence-corrected chi connectivity index (χ2v) is 7.26. The van der Waals surface area contributed by atoms with Crippen molar-refractivity contribution in [1.29, 1.82) is 0 Å². The number of rotatable bonds is 5. The monoisotopic (exact) mass is 404 g/mol. The third-order valence-corrected chi connectivity index (χ3v) is 5.00. The fourth-order valence-corrected chi connectivity index (χ4v) is 3.54. The highest BCUT2D eigenvalue weighted by Crippen LogP contribution is 2.36. The highest BCUT2D eigenvalue weighted by atomic mass is 32.2. The van der Waals surface area contributed by atoms with Gasteiger partial charge in [0.15, 0.2) is 0 Å². The normalized spacial score (nSPS) is 17.2. The van der Waals surface area contributed by atoms with E-state index in [2.05, 4.69) is 0 Å². The Bertz CT molecular complexity index is 1040. The minimum absolute atomic E-state index is 0.0347. The van der Waals surface area contributed by atoms with Crippen LogP contribution in [0, 0.1) is 11.6 Å². The first-order chi connectivity index (χ1) is 13.4. The van der Waals surface area contributed by atoms with Crippen molar-refractivity contribution in [3.63, 3.8) is 0 Å². The molecule has 2 atom stereocenters. The maximum absolute atomic E-state index is 14.2. The Balaban J connectivity index is 1.97. The molecule has 1 aliphatic rings. The fourth-order valence-electron chi connectivity index (χ4n) is 3.17. The van der Waals surface area contributed by atoms with Crippen LogP contribution >= 0.6 is 0 Å². The first-order valence-corrected chi connectivity index (χ1v) is 9.69. The lowest BCUT2D eigenvalue weighted by Crippen LogP contribution is -2.44. The molecule has 1 unspecified atom stereocenters. The molecule has 28 heavy (non-hydrogen) atoms. The van der Waals surface area contributed by atoms with Crippen molar-refractivity contribution in [2.45, 2.75) is 18.5 Å². The van der Waals surface area contributed by atoms with Gasteiger partial charge in [-0.05, 0) is 29.3 Å². The molecule has 0 saturated heterocycles. The van der Waals surface area contributed by atoms with Crippen LogP contribution in [-0.4, -0.2) is 37.2 Å². The summed E-state index contributed by atoms with van der Waals surface area (Å²) in [7, 11) is -2.42. The average molecular weight is 404 g/mol. The van der Waals surface area contributed by atoms with Crippen LogP contribution in [0.15, 0.2) is 54.6 Å². The predicted molar refractivity (Wildman–Crippen MR) is 103 cm³/mol. The van der Waals surface area contributed by atoms with Crippen molar-refractivity contribution in [2.75, 3.05) is 6.54 Å². The molecule has 146 valence electrons. The second kappa shape index (κ2) is 8.45. The molecule has 5 nitrogen and oxygen atoms in total. The Hall–Kier alpha value is -2.84. The molecule has 1 heterocycles. The number of carbonyl (C=O) groups is 1. The van der Waals surface area contributed by atoms with Gasteiger partial charge in [-0.15, -0.1) is 0 Å². The number of carbonyl (C=O) groups excluding carboxylic acids is 1. The van der Waals surface area contributed by atoms with Gasteiger partial charge in [0.2, 0.25) is 16.2 Å². The topological polar surface area (TPSA) is 80.5 Å². The summed E-state index contributed by atoms with van der Waals surface area (Å²) >= 11 is 0. The summed E-state index contributed by atoms with van der Waals surface area (Å²) in [6.07, 6.45) is 1.56. The molecule has 0 aliphatic carbocycles. The summed E-state index contributed by atoms with van der Waals surface area (Å²) in [4.78, 5) is 14.3. The number of hydrogen-bond acceptors (Lipinski definition) is 4. The van der Waals surface area contributed by atoms with E-state index in [0.717, 1.165) is 29.1 Å². The Labute approximate surface area is 162 Å². The summed E-state index contributed by atoms with van der Waals surface area (Å²) in [6, 6.07) is 10.6. The van der Waals surface area contributed by atoms with Gasteiger partial charge in [0, 0.05) is 23.9 Å². The molecular weight excluding hydrogens is 386 g/mol. The summed E-state index contributed by atoms with van der Waals surface area (Å²) in [5.74, 6) is -1.64. The standard InChI is InChI=1S/C20H18F2N2O3S/c21-15-6-7-17(22)16(11-15)14-10-19(13-4-2-1-3-5-13)24(12-14)20(25)18(23)8-9-28(26)27/h1-7,9-11,18-19H,8,12,23H2/t18-,19?/m0/s1. The molecule has 1 aliphatic heterocycles. The SMILES string of the molecule is N[C@@H](CC=S(=O)=O)C(=O)N1CC(c2cc(F)ccc2F)=CC1c1ccccc1. The summed E-state index contributed by atoms with van der Waals surface area (Å²) in [5, 5.41) is 0.927. The minimum Gasteiger partial charge on any atom is -0.326 e. The zero-order chi connectivity index (χ0) is 20.3. The van der Waals surface area contributed by atoms with Crippen molar-refractivity contribution < 1.29 is 22.0 Å². The minimum atomic E-state index is -2.42. The lowest BCUT2D eigenvalue weighted by atomic mass is 10.0. The van der Waals surface area contributed by atoms with Crippen LogP contribution in [0.2, 0.25) is 0 Å². The molecule has 2 aromatic rings. The number of nitrogens with zero attached hydrogens (tertiary/aromatic N) is 1. The van der Waals surface area contributed by atoms with Gasteiger partial charge in [-0.1, -0.05) is 36.4 Å². The number of nitrogens with two attached hydrogens (primary N) is 1. The molecule has 0 spiro atoms. The van der Waals surface area contributed by atoms with E-state index in [9.17, 15) is 22.0 Å². The summed E-state index contributed by atoms with van der Waals surface area (Å²) in [6.45, 7) is 0.0347. The van der Waals surface area contributed by atoms with Crippen LogP contribution in [0.1, 0.15) is 23.6 Å². The molecule has 0 radical (unpaired) electrons. The van der Waals surface area contributed by atoms with E-state index in [4.69, 9.17) is 5.73 Å². The highest BCUT2D eigenvalue weighted by molar-refractivity contribution is 7.71. The highest BCUT2D eigenvalue weighted by Gasteiger charge is 2.33. The number of amides is 1. The molecular formula is C20H18F2N2O3S. The maximum atomic E-state index is 14.2. The van der Waals surface area contributed by atoms with Crippen LogP contribution in [-0.2, 0) is 15.1 Å². The molecule has 1 amide bonds. The second-order valence-electron chi connectivity index (χ2n) is 6.41. The van der Waals surface area contributed by atoms with Gasteiger partial charge in [0.1, 0.15) is 11.6 Å². The zero-order valence-corrected chi connectivity index (χ0v) is 15.6. The smallest absolute Gasteiger partial charge is 0.240 e. The molecule has 0 saturated carbocycles. The Kier molecular flexibility index (Phi) is 6.01. The average Bonchev–Trinajstić information content (AvgIpc) is 3.13. The van der Waals surface area contributed by atoms with Gasteiger partial charge >= 0.3 is 0 Å². The largest absolute Gasteiger partial charge is 0.326 e. The van der Waals surface area contributed by atoms with E-state index < -0.39 is 39.9 Å². The van der Waals surface area contributed by atoms with Crippen LogP contribution in [0.3, 0.4) is 0 Å². The molecule has 0 bridgehead atoms. The van der Waals surface area contributed by atoms with E-state index >= 15 is 0 Å². The molecule has 2 N–H and O–H groups in total. The predicted octanol–water partition coefficient (Wildman–Crippen LogP) is 2.33. The van der Waals surface area contributed by atoms with Gasteiger partial charge < -0.3 is 10.6 Å². The van der Waals surface area contributed by atoms with Gasteiger partial charge in [-0.3, -0.25) is 4.79 Å². The zero-order valence-electron chi connectivity index (χ0n) is 14.8. The van der Waals surface area contributed by atoms with Crippen LogP contribution in [0.25, 0.3) is 5.57 Å². The Morgan fingerprint density at radius 2 is 1.93 bits per heavy atom. The van der Waals surface area contributed by atoms with Crippen molar-refractivity contribution in [3.05, 3.63) is 77.4 Å². The third kappa shape index (κ3) is 4.35. The van der Waals surface area contributed by atoms with E-state index in [0.29, 0.717) is 5.57 Å². The van der Waals surface area contributed by atoms with Gasteiger partial charge in [0.05, 0.1) is 12.1 Å². The van der Waals surface area contributed by atoms with Gasteiger partial charge in [-0.25, -0.2) is 8.78 Å². The molecule has 8 heteroatoms. The fraction of sp³-hybridized carbons (Fsp3) is 0.200. The maximum Gasteiger partial charge on any atom is 0.240 e. The lowest BCUT2D eigenvalue weighted by molar-refractivity contribution is -0.132. The quantitative estimate of drug-likeness (QED) is 0.776. The number of benzene rings is 2. The van der Waals surface area contributed by atoms with Crippen molar-refractivity contribution >= 4 is 27.1 Å². The molecule has 3 rings (SSSR count). The van der Waals surface area contributed by atoms with Crippen LogP contribution in [0.4, 0.5) is 8.78 Å². The Morgan fingerprint density at radius 3 is 2.61 bits per heavy atom. The van der Waals surface area contributed by atoms with Crippen molar-refractivity contribution in [3.8, 4) is 0 Å². The molecule has 0 aromatic heterocycles. The van der Waals surface area contributed by atoms with Crippen molar-refractivity contribution in [2.24, 2.45) is 5.73 Å². The van der Waals surface area contributed by atoms with E-state index in [1.165, 1.54) is 4.90 Å². The third-order valence-electron chi connectivity index (χ3n) is 4.54. The number of halogens is 2.